The van der Waals surface area contributed by atoms with E-state index in [9.17, 15) is 4.79 Å². The van der Waals surface area contributed by atoms with Gasteiger partial charge in [0.15, 0.2) is 0 Å². The summed E-state index contributed by atoms with van der Waals surface area (Å²) in [5.74, 6) is 0.00186. The van der Waals surface area contributed by atoms with E-state index in [0.29, 0.717) is 15.8 Å². The van der Waals surface area contributed by atoms with Crippen molar-refractivity contribution in [2.75, 3.05) is 13.2 Å². The van der Waals surface area contributed by atoms with Gasteiger partial charge in [-0.25, -0.2) is 0 Å². The summed E-state index contributed by atoms with van der Waals surface area (Å²) in [5.41, 5.74) is 2.21. The highest BCUT2D eigenvalue weighted by atomic mass is 32.2. The molecule has 3 rings (SSSR count). The maximum atomic E-state index is 12.5. The van der Waals surface area contributed by atoms with E-state index < -0.39 is 0 Å². The van der Waals surface area contributed by atoms with Crippen molar-refractivity contribution in [3.05, 3.63) is 40.3 Å². The molecule has 0 aromatic heterocycles. The van der Waals surface area contributed by atoms with Crippen LogP contribution >= 0.6 is 24.0 Å². The number of hydrogen-bond donors (Lipinski definition) is 0. The lowest BCUT2D eigenvalue weighted by Gasteiger charge is -2.18. The molecule has 0 unspecified atom stereocenters. The molecule has 2 aliphatic heterocycles. The van der Waals surface area contributed by atoms with E-state index >= 15 is 0 Å². The number of carbonyl (C=O) groups excluding carboxylic acids is 1. The summed E-state index contributed by atoms with van der Waals surface area (Å²) in [6, 6.07) is 8.10. The lowest BCUT2D eigenvalue weighted by atomic mass is 10.1. The number of hydrogen-bond acceptors (Lipinski definition) is 4. The molecule has 1 atom stereocenters. The third-order valence-electron chi connectivity index (χ3n) is 3.62. The number of thiocarbonyl (C=S) groups is 1. The van der Waals surface area contributed by atoms with Crippen LogP contribution in [-0.4, -0.2) is 34.4 Å². The second-order valence-corrected chi connectivity index (χ2v) is 7.02. The Morgan fingerprint density at radius 3 is 3.10 bits per heavy atom. The minimum atomic E-state index is 0.00186. The standard InChI is InChI=1S/C16H17NO2S2/c1-11-4-2-5-12(8-11)9-14-15(18)17(16(20)21-14)10-13-6-3-7-19-13/h2,4-5,8-9,13H,3,6-7,10H2,1H3/b14-9-/t13-/m1/s1. The van der Waals surface area contributed by atoms with Crippen LogP contribution in [-0.2, 0) is 9.53 Å². The number of rotatable bonds is 3. The van der Waals surface area contributed by atoms with Gasteiger partial charge in [-0.15, -0.1) is 0 Å². The molecular weight excluding hydrogens is 302 g/mol. The smallest absolute Gasteiger partial charge is 0.266 e. The Morgan fingerprint density at radius 2 is 2.38 bits per heavy atom. The molecule has 2 aliphatic rings. The van der Waals surface area contributed by atoms with E-state index in [2.05, 4.69) is 6.07 Å². The molecule has 2 saturated heterocycles. The van der Waals surface area contributed by atoms with Crippen molar-refractivity contribution >= 4 is 40.3 Å². The minimum absolute atomic E-state index is 0.00186. The Bertz CT molecular complexity index is 606. The van der Waals surface area contributed by atoms with Crippen LogP contribution in [0.25, 0.3) is 6.08 Å². The monoisotopic (exact) mass is 319 g/mol. The van der Waals surface area contributed by atoms with Gasteiger partial charge < -0.3 is 4.74 Å². The number of aryl methyl sites for hydroxylation is 1. The van der Waals surface area contributed by atoms with Gasteiger partial charge >= 0.3 is 0 Å². The zero-order valence-electron chi connectivity index (χ0n) is 11.9. The average molecular weight is 319 g/mol. The first kappa shape index (κ1) is 14.8. The van der Waals surface area contributed by atoms with E-state index in [1.165, 1.54) is 17.3 Å². The molecular formula is C16H17NO2S2. The Hall–Kier alpha value is -1.17. The Morgan fingerprint density at radius 1 is 1.52 bits per heavy atom. The van der Waals surface area contributed by atoms with Gasteiger partial charge in [-0.2, -0.15) is 0 Å². The lowest BCUT2D eigenvalue weighted by molar-refractivity contribution is -0.123. The number of benzene rings is 1. The molecule has 1 amide bonds. The quantitative estimate of drug-likeness (QED) is 0.631. The molecule has 1 aromatic carbocycles. The molecule has 3 nitrogen and oxygen atoms in total. The maximum Gasteiger partial charge on any atom is 0.266 e. The molecule has 0 radical (unpaired) electrons. The predicted octanol–water partition coefficient (Wildman–Crippen LogP) is 3.38. The first-order chi connectivity index (χ1) is 10.1. The number of thioether (sulfide) groups is 1. The van der Waals surface area contributed by atoms with Crippen LogP contribution in [0.5, 0.6) is 0 Å². The highest BCUT2D eigenvalue weighted by Crippen LogP contribution is 2.33. The van der Waals surface area contributed by atoms with E-state index in [1.807, 2.05) is 31.2 Å². The van der Waals surface area contributed by atoms with Crippen LogP contribution < -0.4 is 0 Å². The predicted molar refractivity (Wildman–Crippen MR) is 90.0 cm³/mol. The van der Waals surface area contributed by atoms with Crippen LogP contribution in [0, 0.1) is 6.92 Å². The van der Waals surface area contributed by atoms with Crippen molar-refractivity contribution in [2.45, 2.75) is 25.9 Å². The minimum Gasteiger partial charge on any atom is -0.376 e. The fraction of sp³-hybridized carbons (Fsp3) is 0.375. The summed E-state index contributed by atoms with van der Waals surface area (Å²) in [4.78, 5) is 14.9. The van der Waals surface area contributed by atoms with E-state index in [4.69, 9.17) is 17.0 Å². The normalized spacial score (nSPS) is 24.3. The highest BCUT2D eigenvalue weighted by Gasteiger charge is 2.34. The van der Waals surface area contributed by atoms with Crippen LogP contribution in [0.3, 0.4) is 0 Å². The second kappa shape index (κ2) is 6.30. The molecule has 0 aliphatic carbocycles. The summed E-state index contributed by atoms with van der Waals surface area (Å²) in [6.07, 6.45) is 4.12. The molecule has 0 saturated carbocycles. The first-order valence-electron chi connectivity index (χ1n) is 7.07. The topological polar surface area (TPSA) is 29.5 Å². The molecule has 2 fully saturated rings. The number of nitrogens with zero attached hydrogens (tertiary/aromatic N) is 1. The van der Waals surface area contributed by atoms with Gasteiger partial charge in [-0.3, -0.25) is 9.69 Å². The molecule has 21 heavy (non-hydrogen) atoms. The van der Waals surface area contributed by atoms with Gasteiger partial charge in [-0.1, -0.05) is 53.8 Å². The van der Waals surface area contributed by atoms with Gasteiger partial charge in [0.2, 0.25) is 0 Å². The summed E-state index contributed by atoms with van der Waals surface area (Å²) in [5, 5.41) is 0. The molecule has 1 aromatic rings. The largest absolute Gasteiger partial charge is 0.376 e. The molecule has 110 valence electrons. The van der Waals surface area contributed by atoms with Crippen molar-refractivity contribution in [3.63, 3.8) is 0 Å². The number of carbonyl (C=O) groups is 1. The zero-order chi connectivity index (χ0) is 14.8. The van der Waals surface area contributed by atoms with Crippen LogP contribution in [0.1, 0.15) is 24.0 Å². The average Bonchev–Trinajstić information content (AvgIpc) is 3.04. The summed E-state index contributed by atoms with van der Waals surface area (Å²) >= 11 is 6.72. The number of ether oxygens (including phenoxy) is 1. The summed E-state index contributed by atoms with van der Waals surface area (Å²) < 4.78 is 6.23. The van der Waals surface area contributed by atoms with Crippen molar-refractivity contribution in [1.29, 1.82) is 0 Å². The summed E-state index contributed by atoms with van der Waals surface area (Å²) in [6.45, 7) is 3.41. The second-order valence-electron chi connectivity index (χ2n) is 5.34. The Labute approximate surface area is 134 Å². The van der Waals surface area contributed by atoms with Crippen molar-refractivity contribution in [2.24, 2.45) is 0 Å². The third kappa shape index (κ3) is 3.36. The van der Waals surface area contributed by atoms with E-state index in [1.54, 1.807) is 4.90 Å². The molecule has 5 heteroatoms. The highest BCUT2D eigenvalue weighted by molar-refractivity contribution is 8.26. The first-order valence-corrected chi connectivity index (χ1v) is 8.29. The zero-order valence-corrected chi connectivity index (χ0v) is 13.5. The summed E-state index contributed by atoms with van der Waals surface area (Å²) in [7, 11) is 0. The molecule has 0 bridgehead atoms. The van der Waals surface area contributed by atoms with Crippen molar-refractivity contribution < 1.29 is 9.53 Å². The lowest BCUT2D eigenvalue weighted by Crippen LogP contribution is -2.35. The molecule has 0 N–H and O–H groups in total. The third-order valence-corrected chi connectivity index (χ3v) is 5.00. The van der Waals surface area contributed by atoms with Crippen molar-refractivity contribution in [1.82, 2.24) is 4.90 Å². The van der Waals surface area contributed by atoms with Crippen LogP contribution in [0.2, 0.25) is 0 Å². The Kier molecular flexibility index (Phi) is 4.42. The van der Waals surface area contributed by atoms with Gasteiger partial charge in [0.05, 0.1) is 17.6 Å². The van der Waals surface area contributed by atoms with Crippen LogP contribution in [0.4, 0.5) is 0 Å². The van der Waals surface area contributed by atoms with E-state index in [-0.39, 0.29) is 12.0 Å². The number of amides is 1. The van der Waals surface area contributed by atoms with Gasteiger partial charge in [0.25, 0.3) is 5.91 Å². The fourth-order valence-corrected chi connectivity index (χ4v) is 3.84. The Balaban J connectivity index is 1.76. The van der Waals surface area contributed by atoms with Crippen molar-refractivity contribution in [3.8, 4) is 0 Å². The fourth-order valence-electron chi connectivity index (χ4n) is 2.56. The molecule has 0 spiro atoms. The molecule has 2 heterocycles. The SMILES string of the molecule is Cc1cccc(/C=C2\SC(=S)N(C[C@H]3CCCO3)C2=O)c1. The van der Waals surface area contributed by atoms with Gasteiger partial charge in [0, 0.05) is 6.61 Å². The van der Waals surface area contributed by atoms with Gasteiger partial charge in [0.1, 0.15) is 4.32 Å². The van der Waals surface area contributed by atoms with Crippen LogP contribution in [0.15, 0.2) is 29.2 Å². The van der Waals surface area contributed by atoms with Gasteiger partial charge in [-0.05, 0) is 31.4 Å². The van der Waals surface area contributed by atoms with E-state index in [0.717, 1.165) is 25.0 Å². The maximum absolute atomic E-state index is 12.5.